The Morgan fingerprint density at radius 2 is 2.12 bits per heavy atom. The molecule has 2 saturated heterocycles. The minimum atomic E-state index is -0.569. The first-order valence-electron chi connectivity index (χ1n) is 5.44. The molecule has 2 fully saturated rings. The second-order valence-corrected chi connectivity index (χ2v) is 4.51. The highest BCUT2D eigenvalue weighted by atomic mass is 35.5. The lowest BCUT2D eigenvalue weighted by molar-refractivity contribution is 0.00780. The van der Waals surface area contributed by atoms with E-state index in [1.807, 2.05) is 0 Å². The van der Waals surface area contributed by atoms with E-state index in [2.05, 4.69) is 4.98 Å². The molecule has 92 valence electrons. The van der Waals surface area contributed by atoms with Crippen LogP contribution in [0.4, 0.5) is 0 Å². The molecule has 6 heteroatoms. The fourth-order valence-electron chi connectivity index (χ4n) is 2.16. The Balaban J connectivity index is 1.70. The predicted octanol–water partition coefficient (Wildman–Crippen LogP) is 0.641. The second kappa shape index (κ2) is 4.42. The van der Waals surface area contributed by atoms with Gasteiger partial charge < -0.3 is 19.3 Å². The molecule has 3 rings (SSSR count). The highest BCUT2D eigenvalue weighted by Crippen LogP contribution is 2.29. The van der Waals surface area contributed by atoms with Crippen molar-refractivity contribution < 1.29 is 19.3 Å². The van der Waals surface area contributed by atoms with Crippen molar-refractivity contribution in [2.45, 2.75) is 24.4 Å². The third kappa shape index (κ3) is 2.11. The molecule has 17 heavy (non-hydrogen) atoms. The van der Waals surface area contributed by atoms with Gasteiger partial charge in [0.1, 0.15) is 23.5 Å². The number of hydrogen-bond acceptors (Lipinski definition) is 5. The summed E-state index contributed by atoms with van der Waals surface area (Å²) in [5, 5.41) is 9.96. The van der Waals surface area contributed by atoms with Gasteiger partial charge >= 0.3 is 0 Å². The van der Waals surface area contributed by atoms with Crippen molar-refractivity contribution in [3.8, 4) is 5.88 Å². The van der Waals surface area contributed by atoms with Crippen LogP contribution in [0, 0.1) is 0 Å². The Hall–Kier alpha value is -0.880. The van der Waals surface area contributed by atoms with Gasteiger partial charge in [-0.1, -0.05) is 17.7 Å². The number of ether oxygens (including phenoxy) is 3. The largest absolute Gasteiger partial charge is 0.469 e. The smallest absolute Gasteiger partial charge is 0.215 e. The molecular formula is C11H12ClNO4. The van der Waals surface area contributed by atoms with E-state index in [4.69, 9.17) is 25.8 Å². The van der Waals surface area contributed by atoms with E-state index < -0.39 is 6.10 Å². The highest BCUT2D eigenvalue weighted by Gasteiger charge is 2.48. The van der Waals surface area contributed by atoms with Gasteiger partial charge in [-0.3, -0.25) is 0 Å². The third-order valence-electron chi connectivity index (χ3n) is 2.94. The molecule has 1 aromatic rings. The molecule has 3 heterocycles. The molecular weight excluding hydrogens is 246 g/mol. The maximum atomic E-state index is 9.59. The Bertz CT molecular complexity index is 416. The number of fused-ring (bicyclic) bond motifs is 1. The van der Waals surface area contributed by atoms with E-state index >= 15 is 0 Å². The van der Waals surface area contributed by atoms with E-state index in [0.717, 1.165) is 0 Å². The van der Waals surface area contributed by atoms with Crippen LogP contribution in [0.5, 0.6) is 5.88 Å². The summed E-state index contributed by atoms with van der Waals surface area (Å²) in [5.74, 6) is 0.441. The van der Waals surface area contributed by atoms with Crippen LogP contribution in [-0.2, 0) is 9.47 Å². The topological polar surface area (TPSA) is 60.8 Å². The molecule has 0 saturated carbocycles. The maximum absolute atomic E-state index is 9.59. The van der Waals surface area contributed by atoms with Crippen LogP contribution in [0.3, 0.4) is 0 Å². The summed E-state index contributed by atoms with van der Waals surface area (Å²) in [6, 6.07) is 5.17. The van der Waals surface area contributed by atoms with E-state index in [0.29, 0.717) is 17.6 Å². The SMILES string of the molecule is OC1COC2C(Oc3cccc(Cl)n3)COC12. The average molecular weight is 258 g/mol. The first-order valence-corrected chi connectivity index (χ1v) is 5.82. The van der Waals surface area contributed by atoms with Crippen molar-refractivity contribution in [2.24, 2.45) is 0 Å². The van der Waals surface area contributed by atoms with Gasteiger partial charge in [-0.15, -0.1) is 0 Å². The average Bonchev–Trinajstić information content (AvgIpc) is 2.84. The van der Waals surface area contributed by atoms with Crippen LogP contribution in [-0.4, -0.2) is 47.7 Å². The van der Waals surface area contributed by atoms with Crippen molar-refractivity contribution >= 4 is 11.6 Å². The summed E-state index contributed by atoms with van der Waals surface area (Å²) in [5.41, 5.74) is 0. The quantitative estimate of drug-likeness (QED) is 0.788. The zero-order valence-electron chi connectivity index (χ0n) is 8.95. The van der Waals surface area contributed by atoms with Crippen LogP contribution in [0.2, 0.25) is 5.15 Å². The predicted molar refractivity (Wildman–Crippen MR) is 59.1 cm³/mol. The molecule has 0 aliphatic carbocycles. The van der Waals surface area contributed by atoms with E-state index in [-0.39, 0.29) is 24.9 Å². The summed E-state index contributed by atoms with van der Waals surface area (Å²) in [7, 11) is 0. The number of aliphatic hydroxyl groups is 1. The molecule has 0 bridgehead atoms. The summed E-state index contributed by atoms with van der Waals surface area (Å²) < 4.78 is 16.5. The maximum Gasteiger partial charge on any atom is 0.215 e. The van der Waals surface area contributed by atoms with Crippen LogP contribution < -0.4 is 4.74 Å². The fourth-order valence-corrected chi connectivity index (χ4v) is 2.31. The van der Waals surface area contributed by atoms with Crippen molar-refractivity contribution in [1.29, 1.82) is 0 Å². The van der Waals surface area contributed by atoms with Crippen LogP contribution >= 0.6 is 11.6 Å². The van der Waals surface area contributed by atoms with Crippen molar-refractivity contribution in [3.05, 3.63) is 23.4 Å². The van der Waals surface area contributed by atoms with E-state index in [1.165, 1.54) is 0 Å². The number of halogens is 1. The lowest BCUT2D eigenvalue weighted by atomic mass is 10.1. The number of rotatable bonds is 2. The Morgan fingerprint density at radius 1 is 1.29 bits per heavy atom. The molecule has 5 nitrogen and oxygen atoms in total. The Labute approximate surface area is 103 Å². The summed E-state index contributed by atoms with van der Waals surface area (Å²) in [6.07, 6.45) is -1.34. The Kier molecular flexibility index (Phi) is 2.92. The molecule has 1 aromatic heterocycles. The fraction of sp³-hybridized carbons (Fsp3) is 0.545. The van der Waals surface area contributed by atoms with Crippen molar-refractivity contribution in [2.75, 3.05) is 13.2 Å². The zero-order valence-corrected chi connectivity index (χ0v) is 9.71. The first kappa shape index (κ1) is 11.2. The number of aliphatic hydroxyl groups excluding tert-OH is 1. The number of nitrogens with zero attached hydrogens (tertiary/aromatic N) is 1. The van der Waals surface area contributed by atoms with Gasteiger partial charge in [-0.25, -0.2) is 4.98 Å². The number of pyridine rings is 1. The van der Waals surface area contributed by atoms with Crippen LogP contribution in [0.1, 0.15) is 0 Å². The third-order valence-corrected chi connectivity index (χ3v) is 3.15. The van der Waals surface area contributed by atoms with E-state index in [9.17, 15) is 5.11 Å². The van der Waals surface area contributed by atoms with E-state index in [1.54, 1.807) is 18.2 Å². The van der Waals surface area contributed by atoms with Gasteiger partial charge in [0.05, 0.1) is 13.2 Å². The molecule has 0 radical (unpaired) electrons. The molecule has 0 spiro atoms. The molecule has 2 aliphatic rings. The van der Waals surface area contributed by atoms with Crippen molar-refractivity contribution in [1.82, 2.24) is 4.98 Å². The Morgan fingerprint density at radius 3 is 2.94 bits per heavy atom. The number of hydrogen-bond donors (Lipinski definition) is 1. The lowest BCUT2D eigenvalue weighted by Crippen LogP contribution is -2.34. The minimum absolute atomic E-state index is 0.231. The number of aromatic nitrogens is 1. The summed E-state index contributed by atoms with van der Waals surface area (Å²) in [6.45, 7) is 0.679. The molecule has 4 unspecified atom stereocenters. The van der Waals surface area contributed by atoms with Gasteiger partial charge in [0.25, 0.3) is 0 Å². The second-order valence-electron chi connectivity index (χ2n) is 4.12. The normalized spacial score (nSPS) is 35.9. The van der Waals surface area contributed by atoms with Gasteiger partial charge in [0.15, 0.2) is 6.10 Å². The van der Waals surface area contributed by atoms with Crippen molar-refractivity contribution in [3.63, 3.8) is 0 Å². The van der Waals surface area contributed by atoms with Gasteiger partial charge in [0, 0.05) is 6.07 Å². The zero-order chi connectivity index (χ0) is 11.8. The first-order chi connectivity index (χ1) is 8.24. The minimum Gasteiger partial charge on any atom is -0.469 e. The monoisotopic (exact) mass is 257 g/mol. The molecule has 0 amide bonds. The van der Waals surface area contributed by atoms with Crippen LogP contribution in [0.25, 0.3) is 0 Å². The summed E-state index contributed by atoms with van der Waals surface area (Å²) in [4.78, 5) is 4.04. The molecule has 1 N–H and O–H groups in total. The molecule has 4 atom stereocenters. The highest BCUT2D eigenvalue weighted by molar-refractivity contribution is 6.29. The standard InChI is InChI=1S/C11H12ClNO4/c12-8-2-1-3-9(13-8)17-7-5-16-10-6(14)4-15-11(7)10/h1-3,6-7,10-11,14H,4-5H2. The van der Waals surface area contributed by atoms with Gasteiger partial charge in [-0.2, -0.15) is 0 Å². The van der Waals surface area contributed by atoms with Gasteiger partial charge in [0.2, 0.25) is 5.88 Å². The van der Waals surface area contributed by atoms with Gasteiger partial charge in [-0.05, 0) is 6.07 Å². The molecule has 2 aliphatic heterocycles. The van der Waals surface area contributed by atoms with Crippen LogP contribution in [0.15, 0.2) is 18.2 Å². The molecule has 0 aromatic carbocycles. The lowest BCUT2D eigenvalue weighted by Gasteiger charge is -2.16. The summed E-state index contributed by atoms with van der Waals surface area (Å²) >= 11 is 5.77.